The van der Waals surface area contributed by atoms with E-state index in [1.54, 1.807) is 4.90 Å². The second-order valence-corrected chi connectivity index (χ2v) is 7.67. The summed E-state index contributed by atoms with van der Waals surface area (Å²) in [5, 5.41) is 6.60. The average molecular weight is 392 g/mol. The molecule has 2 saturated heterocycles. The van der Waals surface area contributed by atoms with Crippen LogP contribution in [0.25, 0.3) is 10.9 Å². The number of H-pyrrole nitrogens is 1. The third-order valence-electron chi connectivity index (χ3n) is 5.78. The van der Waals surface area contributed by atoms with Gasteiger partial charge in [0.25, 0.3) is 5.91 Å². The molecule has 0 radical (unpaired) electrons. The van der Waals surface area contributed by atoms with Crippen LogP contribution in [-0.2, 0) is 9.59 Å². The maximum Gasteiger partial charge on any atom is 0.270 e. The van der Waals surface area contributed by atoms with Crippen LogP contribution in [0.2, 0.25) is 0 Å². The molecule has 2 aromatic rings. The third kappa shape index (κ3) is 3.83. The summed E-state index contributed by atoms with van der Waals surface area (Å²) in [6.45, 7) is 1.17. The van der Waals surface area contributed by atoms with Gasteiger partial charge in [-0.05, 0) is 37.8 Å². The lowest BCUT2D eigenvalue weighted by Crippen LogP contribution is -2.49. The summed E-state index contributed by atoms with van der Waals surface area (Å²) in [5.74, 6) is 1.94. The summed E-state index contributed by atoms with van der Waals surface area (Å²) in [6, 6.07) is 8.41. The molecular formula is C22H24N4O3. The molecule has 3 N–H and O–H groups in total. The van der Waals surface area contributed by atoms with Crippen LogP contribution in [0.3, 0.4) is 0 Å². The highest BCUT2D eigenvalue weighted by Crippen LogP contribution is 2.23. The van der Waals surface area contributed by atoms with Gasteiger partial charge < -0.3 is 20.5 Å². The number of rotatable bonds is 5. The van der Waals surface area contributed by atoms with E-state index in [2.05, 4.69) is 21.5 Å². The number of amides is 3. The maximum absolute atomic E-state index is 13.0. The van der Waals surface area contributed by atoms with Crippen molar-refractivity contribution in [3.05, 3.63) is 36.0 Å². The van der Waals surface area contributed by atoms with E-state index in [0.717, 1.165) is 23.7 Å². The number of nitrogens with one attached hydrogen (secondary N) is 3. The molecule has 0 spiro atoms. The van der Waals surface area contributed by atoms with E-state index in [4.69, 9.17) is 6.42 Å². The minimum atomic E-state index is -0.554. The molecule has 3 atom stereocenters. The Hall–Kier alpha value is -3.27. The molecule has 4 rings (SSSR count). The van der Waals surface area contributed by atoms with Crippen molar-refractivity contribution < 1.29 is 14.4 Å². The average Bonchev–Trinajstić information content (AvgIpc) is 3.46. The van der Waals surface area contributed by atoms with Crippen molar-refractivity contribution in [1.29, 1.82) is 0 Å². The third-order valence-corrected chi connectivity index (χ3v) is 5.78. The Morgan fingerprint density at radius 1 is 1.31 bits per heavy atom. The largest absolute Gasteiger partial charge is 0.356 e. The van der Waals surface area contributed by atoms with Crippen LogP contribution in [-0.4, -0.2) is 52.8 Å². The number of terminal acetylenes is 1. The molecule has 0 bridgehead atoms. The predicted molar refractivity (Wildman–Crippen MR) is 109 cm³/mol. The summed E-state index contributed by atoms with van der Waals surface area (Å²) in [4.78, 5) is 42.4. The summed E-state index contributed by atoms with van der Waals surface area (Å²) in [5.41, 5.74) is 1.36. The molecule has 3 heterocycles. The Labute approximate surface area is 169 Å². The van der Waals surface area contributed by atoms with Crippen molar-refractivity contribution in [2.75, 3.05) is 13.1 Å². The van der Waals surface area contributed by atoms with Crippen LogP contribution < -0.4 is 10.6 Å². The maximum atomic E-state index is 13.0. The highest BCUT2D eigenvalue weighted by atomic mass is 16.2. The lowest BCUT2D eigenvalue weighted by Gasteiger charge is -2.25. The van der Waals surface area contributed by atoms with Crippen LogP contribution in [0.4, 0.5) is 0 Å². The molecule has 150 valence electrons. The molecule has 7 nitrogen and oxygen atoms in total. The summed E-state index contributed by atoms with van der Waals surface area (Å²) < 4.78 is 0. The number of benzene rings is 1. The van der Waals surface area contributed by atoms with Gasteiger partial charge in [-0.2, -0.15) is 0 Å². The van der Waals surface area contributed by atoms with E-state index in [0.29, 0.717) is 31.6 Å². The van der Waals surface area contributed by atoms with Gasteiger partial charge in [-0.1, -0.05) is 24.1 Å². The van der Waals surface area contributed by atoms with Crippen LogP contribution in [0.5, 0.6) is 0 Å². The van der Waals surface area contributed by atoms with Gasteiger partial charge in [0.15, 0.2) is 0 Å². The van der Waals surface area contributed by atoms with Crippen molar-refractivity contribution in [1.82, 2.24) is 20.5 Å². The first-order valence-electron chi connectivity index (χ1n) is 10.00. The first-order chi connectivity index (χ1) is 14.1. The van der Waals surface area contributed by atoms with Gasteiger partial charge in [-0.15, -0.1) is 6.42 Å². The van der Waals surface area contributed by atoms with Gasteiger partial charge in [-0.25, -0.2) is 0 Å². The van der Waals surface area contributed by atoms with Crippen molar-refractivity contribution in [3.8, 4) is 12.3 Å². The lowest BCUT2D eigenvalue weighted by molar-refractivity contribution is -0.126. The Morgan fingerprint density at radius 3 is 2.86 bits per heavy atom. The highest BCUT2D eigenvalue weighted by molar-refractivity contribution is 6.00. The second-order valence-electron chi connectivity index (χ2n) is 7.67. The molecule has 0 aliphatic carbocycles. The SMILES string of the molecule is C#CC(CC1CCNC1=O)NC(=O)C1CCCN1C(=O)c1cc2ccccc2[nH]1. The van der Waals surface area contributed by atoms with E-state index >= 15 is 0 Å². The van der Waals surface area contributed by atoms with Crippen molar-refractivity contribution in [2.24, 2.45) is 5.92 Å². The number of fused-ring (bicyclic) bond motifs is 1. The molecular weight excluding hydrogens is 368 g/mol. The summed E-state index contributed by atoms with van der Waals surface area (Å²) in [7, 11) is 0. The monoisotopic (exact) mass is 392 g/mol. The number of aromatic nitrogens is 1. The van der Waals surface area contributed by atoms with Gasteiger partial charge in [0.05, 0.1) is 6.04 Å². The molecule has 0 saturated carbocycles. The standard InChI is InChI=1S/C22H24N4O3/c1-2-16(12-15-9-10-23-20(15)27)24-21(28)19-8-5-11-26(19)22(29)18-13-14-6-3-4-7-17(14)25-18/h1,3-4,6-7,13,15-16,19,25H,5,8-12H2,(H,23,27)(H,24,28). The van der Waals surface area contributed by atoms with E-state index in [1.165, 1.54) is 0 Å². The number of carbonyl (C=O) groups excluding carboxylic acids is 3. The number of aromatic amines is 1. The molecule has 2 aliphatic heterocycles. The zero-order chi connectivity index (χ0) is 20.4. The van der Waals surface area contributed by atoms with Gasteiger partial charge in [0.1, 0.15) is 11.7 Å². The molecule has 1 aromatic carbocycles. The molecule has 3 unspecified atom stereocenters. The molecule has 7 heteroatoms. The molecule has 3 amide bonds. The molecule has 2 fully saturated rings. The van der Waals surface area contributed by atoms with Gasteiger partial charge in [-0.3, -0.25) is 14.4 Å². The fraction of sp³-hybridized carbons (Fsp3) is 0.409. The van der Waals surface area contributed by atoms with Crippen LogP contribution in [0.1, 0.15) is 36.2 Å². The molecule has 1 aromatic heterocycles. The van der Waals surface area contributed by atoms with Crippen molar-refractivity contribution in [2.45, 2.75) is 37.8 Å². The molecule has 29 heavy (non-hydrogen) atoms. The Bertz CT molecular complexity index is 956. The number of hydrogen-bond donors (Lipinski definition) is 3. The minimum Gasteiger partial charge on any atom is -0.356 e. The van der Waals surface area contributed by atoms with E-state index in [1.807, 2.05) is 30.3 Å². The van der Waals surface area contributed by atoms with Gasteiger partial charge in [0, 0.05) is 29.9 Å². The van der Waals surface area contributed by atoms with Crippen molar-refractivity contribution in [3.63, 3.8) is 0 Å². The topological polar surface area (TPSA) is 94.3 Å². The quantitative estimate of drug-likeness (QED) is 0.672. The first kappa shape index (κ1) is 19.1. The van der Waals surface area contributed by atoms with E-state index < -0.39 is 12.1 Å². The Morgan fingerprint density at radius 2 is 2.14 bits per heavy atom. The van der Waals surface area contributed by atoms with Crippen LogP contribution in [0, 0.1) is 18.3 Å². The first-order valence-corrected chi connectivity index (χ1v) is 10.00. The predicted octanol–water partition coefficient (Wildman–Crippen LogP) is 1.42. The smallest absolute Gasteiger partial charge is 0.270 e. The Balaban J connectivity index is 1.44. The highest BCUT2D eigenvalue weighted by Gasteiger charge is 2.36. The normalized spacial score (nSPS) is 22.3. The fourth-order valence-electron chi connectivity index (χ4n) is 4.22. The summed E-state index contributed by atoms with van der Waals surface area (Å²) in [6.07, 6.45) is 8.08. The van der Waals surface area contributed by atoms with Crippen LogP contribution >= 0.6 is 0 Å². The number of likely N-dealkylation sites (tertiary alicyclic amines) is 1. The minimum absolute atomic E-state index is 0.0176. The zero-order valence-corrected chi connectivity index (χ0v) is 16.1. The number of hydrogen-bond acceptors (Lipinski definition) is 3. The van der Waals surface area contributed by atoms with Gasteiger partial charge >= 0.3 is 0 Å². The van der Waals surface area contributed by atoms with Crippen molar-refractivity contribution >= 4 is 28.6 Å². The lowest BCUT2D eigenvalue weighted by atomic mass is 9.98. The zero-order valence-electron chi connectivity index (χ0n) is 16.1. The van der Waals surface area contributed by atoms with E-state index in [-0.39, 0.29) is 23.6 Å². The second kappa shape index (κ2) is 8.00. The number of carbonyl (C=O) groups is 3. The Kier molecular flexibility index (Phi) is 5.26. The number of nitrogens with zero attached hydrogens (tertiary/aromatic N) is 1. The fourth-order valence-corrected chi connectivity index (χ4v) is 4.22. The number of para-hydroxylation sites is 1. The van der Waals surface area contributed by atoms with E-state index in [9.17, 15) is 14.4 Å². The van der Waals surface area contributed by atoms with Gasteiger partial charge in [0.2, 0.25) is 11.8 Å². The van der Waals surface area contributed by atoms with Crippen LogP contribution in [0.15, 0.2) is 30.3 Å². The summed E-state index contributed by atoms with van der Waals surface area (Å²) >= 11 is 0. The molecule has 2 aliphatic rings.